The van der Waals surface area contributed by atoms with Crippen molar-refractivity contribution in [3.8, 4) is 5.75 Å². The second-order valence-electron chi connectivity index (χ2n) is 8.24. The predicted octanol–water partition coefficient (Wildman–Crippen LogP) is 3.25. The highest BCUT2D eigenvalue weighted by Crippen LogP contribution is 2.35. The lowest BCUT2D eigenvalue weighted by atomic mass is 9.90. The highest BCUT2D eigenvalue weighted by atomic mass is 16.5. The molecule has 31 heavy (non-hydrogen) atoms. The van der Waals surface area contributed by atoms with Gasteiger partial charge in [0.15, 0.2) is 0 Å². The molecule has 0 saturated carbocycles. The van der Waals surface area contributed by atoms with E-state index in [0.29, 0.717) is 25.5 Å². The van der Waals surface area contributed by atoms with E-state index in [2.05, 4.69) is 10.6 Å². The van der Waals surface area contributed by atoms with Crippen molar-refractivity contribution in [1.29, 1.82) is 0 Å². The Bertz CT molecular complexity index is 1120. The summed E-state index contributed by atoms with van der Waals surface area (Å²) < 4.78 is 17.1. The molecule has 0 aliphatic carbocycles. The van der Waals surface area contributed by atoms with Crippen molar-refractivity contribution in [1.82, 2.24) is 10.6 Å². The van der Waals surface area contributed by atoms with E-state index in [1.165, 1.54) is 0 Å². The monoisotopic (exact) mass is 422 g/mol. The highest BCUT2D eigenvalue weighted by molar-refractivity contribution is 6.04. The van der Waals surface area contributed by atoms with Crippen LogP contribution in [0.2, 0.25) is 0 Å². The largest absolute Gasteiger partial charge is 0.492 e. The molecular formula is C24H26N2O5. The number of carbonyl (C=O) groups excluding carboxylic acids is 2. The Morgan fingerprint density at radius 1 is 1.06 bits per heavy atom. The number of piperidine rings is 1. The van der Waals surface area contributed by atoms with Crippen LogP contribution in [0.5, 0.6) is 5.75 Å². The molecule has 2 aromatic carbocycles. The van der Waals surface area contributed by atoms with Gasteiger partial charge in [-0.15, -0.1) is 0 Å². The second-order valence-corrected chi connectivity index (χ2v) is 8.24. The van der Waals surface area contributed by atoms with Gasteiger partial charge in [0.05, 0.1) is 12.2 Å². The van der Waals surface area contributed by atoms with Crippen LogP contribution in [0.1, 0.15) is 37.2 Å². The van der Waals surface area contributed by atoms with Gasteiger partial charge in [0.25, 0.3) is 0 Å². The zero-order valence-corrected chi connectivity index (χ0v) is 17.3. The molecule has 2 aliphatic rings. The minimum atomic E-state index is -0.368. The third kappa shape index (κ3) is 4.29. The van der Waals surface area contributed by atoms with E-state index in [4.69, 9.17) is 13.9 Å². The number of furan rings is 1. The number of ether oxygens (including phenoxy) is 2. The quantitative estimate of drug-likeness (QED) is 0.468. The lowest BCUT2D eigenvalue weighted by molar-refractivity contribution is -0.134. The molecule has 1 aromatic heterocycles. The Kier molecular flexibility index (Phi) is 5.61. The molecule has 0 bridgehead atoms. The van der Waals surface area contributed by atoms with Crippen LogP contribution in [0, 0.1) is 0 Å². The van der Waals surface area contributed by atoms with Crippen molar-refractivity contribution < 1.29 is 23.5 Å². The average molecular weight is 422 g/mol. The van der Waals surface area contributed by atoms with E-state index in [1.807, 2.05) is 30.3 Å². The number of imide groups is 1. The van der Waals surface area contributed by atoms with Crippen molar-refractivity contribution in [2.45, 2.75) is 37.6 Å². The maximum atomic E-state index is 12.3. The first-order chi connectivity index (χ1) is 15.2. The molecular weight excluding hydrogens is 396 g/mol. The summed E-state index contributed by atoms with van der Waals surface area (Å²) in [5, 5.41) is 8.92. The van der Waals surface area contributed by atoms with Crippen LogP contribution in [0.25, 0.3) is 21.7 Å². The Labute approximate surface area is 180 Å². The van der Waals surface area contributed by atoms with Gasteiger partial charge in [-0.1, -0.05) is 6.07 Å². The number of carbonyl (C=O) groups is 2. The van der Waals surface area contributed by atoms with E-state index in [-0.39, 0.29) is 17.7 Å². The summed E-state index contributed by atoms with van der Waals surface area (Å²) in [6.07, 6.45) is 4.58. The smallest absolute Gasteiger partial charge is 0.234 e. The zero-order chi connectivity index (χ0) is 21.2. The molecule has 1 atom stereocenters. The molecule has 2 saturated heterocycles. The fraction of sp³-hybridized carbons (Fsp3) is 0.417. The van der Waals surface area contributed by atoms with Crippen LogP contribution in [-0.2, 0) is 14.3 Å². The first-order valence-electron chi connectivity index (χ1n) is 10.9. The second kappa shape index (κ2) is 8.69. The molecule has 2 fully saturated rings. The standard InChI is InChI=1S/C24H26N2O5/c27-23-4-3-19(24(28)26-23)21-14-31-22-13-15-1-2-18(11-16(15)12-20(21)22)30-10-7-25-17-5-8-29-9-6-17/h1-2,11-14,17,19,25H,3-10H2,(H,26,27,28)/t19-/m1/s1. The van der Waals surface area contributed by atoms with Crippen LogP contribution in [0.15, 0.2) is 41.0 Å². The number of benzene rings is 2. The normalized spacial score (nSPS) is 20.3. The number of amides is 2. The lowest BCUT2D eigenvalue weighted by Gasteiger charge is -2.23. The molecule has 7 heteroatoms. The summed E-state index contributed by atoms with van der Waals surface area (Å²) in [4.78, 5) is 23.8. The number of hydrogen-bond donors (Lipinski definition) is 2. The average Bonchev–Trinajstić information content (AvgIpc) is 3.18. The van der Waals surface area contributed by atoms with Crippen LogP contribution in [0.3, 0.4) is 0 Å². The molecule has 2 amide bonds. The van der Waals surface area contributed by atoms with Gasteiger partial charge in [-0.2, -0.15) is 0 Å². The number of fused-ring (bicyclic) bond motifs is 2. The third-order valence-electron chi connectivity index (χ3n) is 6.17. The SMILES string of the molecule is O=C1CC[C@H](c2coc3cc4ccc(OCCNC5CCOCC5)cc4cc23)C(=O)N1. The Morgan fingerprint density at radius 2 is 1.94 bits per heavy atom. The van der Waals surface area contributed by atoms with Crippen LogP contribution >= 0.6 is 0 Å². The van der Waals surface area contributed by atoms with Gasteiger partial charge < -0.3 is 19.2 Å². The van der Waals surface area contributed by atoms with E-state index in [0.717, 1.165) is 65.7 Å². The van der Waals surface area contributed by atoms with E-state index >= 15 is 0 Å². The zero-order valence-electron chi connectivity index (χ0n) is 17.3. The summed E-state index contributed by atoms with van der Waals surface area (Å²) in [7, 11) is 0. The first kappa shape index (κ1) is 20.0. The molecule has 162 valence electrons. The molecule has 0 radical (unpaired) electrons. The van der Waals surface area contributed by atoms with Crippen molar-refractivity contribution >= 4 is 33.6 Å². The van der Waals surface area contributed by atoms with Gasteiger partial charge in [0, 0.05) is 43.2 Å². The maximum Gasteiger partial charge on any atom is 0.234 e. The fourth-order valence-electron chi connectivity index (χ4n) is 4.45. The molecule has 3 aromatic rings. The van der Waals surface area contributed by atoms with Gasteiger partial charge in [0.1, 0.15) is 17.9 Å². The van der Waals surface area contributed by atoms with Crippen LogP contribution in [-0.4, -0.2) is 44.2 Å². The fourth-order valence-corrected chi connectivity index (χ4v) is 4.45. The van der Waals surface area contributed by atoms with E-state index in [1.54, 1.807) is 6.26 Å². The molecule has 0 unspecified atom stereocenters. The van der Waals surface area contributed by atoms with Crippen molar-refractivity contribution in [2.24, 2.45) is 0 Å². The van der Waals surface area contributed by atoms with E-state index < -0.39 is 0 Å². The first-order valence-corrected chi connectivity index (χ1v) is 10.9. The summed E-state index contributed by atoms with van der Waals surface area (Å²) in [6, 6.07) is 10.5. The van der Waals surface area contributed by atoms with Crippen LogP contribution < -0.4 is 15.4 Å². The Morgan fingerprint density at radius 3 is 2.77 bits per heavy atom. The molecule has 3 heterocycles. The summed E-state index contributed by atoms with van der Waals surface area (Å²) in [5.74, 6) is -0.0282. The highest BCUT2D eigenvalue weighted by Gasteiger charge is 2.30. The molecule has 2 N–H and O–H groups in total. The van der Waals surface area contributed by atoms with Crippen molar-refractivity contribution in [3.63, 3.8) is 0 Å². The molecule has 2 aliphatic heterocycles. The van der Waals surface area contributed by atoms with Crippen molar-refractivity contribution in [2.75, 3.05) is 26.4 Å². The van der Waals surface area contributed by atoms with Crippen molar-refractivity contribution in [3.05, 3.63) is 42.2 Å². The van der Waals surface area contributed by atoms with Gasteiger partial charge >= 0.3 is 0 Å². The summed E-state index contributed by atoms with van der Waals surface area (Å²) >= 11 is 0. The molecule has 0 spiro atoms. The van der Waals surface area contributed by atoms with Gasteiger partial charge in [0.2, 0.25) is 11.8 Å². The number of rotatable bonds is 6. The Balaban J connectivity index is 1.31. The van der Waals surface area contributed by atoms with Gasteiger partial charge in [-0.3, -0.25) is 14.9 Å². The number of hydrogen-bond acceptors (Lipinski definition) is 6. The summed E-state index contributed by atoms with van der Waals surface area (Å²) in [6.45, 7) is 3.04. The number of nitrogens with one attached hydrogen (secondary N) is 2. The minimum Gasteiger partial charge on any atom is -0.492 e. The predicted molar refractivity (Wildman–Crippen MR) is 116 cm³/mol. The molecule has 5 rings (SSSR count). The molecule has 7 nitrogen and oxygen atoms in total. The van der Waals surface area contributed by atoms with Gasteiger partial charge in [-0.25, -0.2) is 0 Å². The van der Waals surface area contributed by atoms with Crippen LogP contribution in [0.4, 0.5) is 0 Å². The van der Waals surface area contributed by atoms with Gasteiger partial charge in [-0.05, 0) is 54.3 Å². The topological polar surface area (TPSA) is 89.8 Å². The summed E-state index contributed by atoms with van der Waals surface area (Å²) in [5.41, 5.74) is 1.57. The Hall–Kier alpha value is -2.90. The lowest BCUT2D eigenvalue weighted by Crippen LogP contribution is -2.39. The third-order valence-corrected chi connectivity index (χ3v) is 6.17. The minimum absolute atomic E-state index is 0.215. The maximum absolute atomic E-state index is 12.3. The van der Waals surface area contributed by atoms with E-state index in [9.17, 15) is 9.59 Å².